The van der Waals surface area contributed by atoms with Crippen molar-refractivity contribution in [3.8, 4) is 0 Å². The van der Waals surface area contributed by atoms with Crippen LogP contribution in [0.4, 0.5) is 11.4 Å². The smallest absolute Gasteiger partial charge is 0.249 e. The first-order chi connectivity index (χ1) is 7.77. The van der Waals surface area contributed by atoms with Gasteiger partial charge in [0, 0.05) is 6.54 Å². The van der Waals surface area contributed by atoms with Crippen molar-refractivity contribution in [1.29, 1.82) is 0 Å². The molecule has 4 nitrogen and oxygen atoms in total. The van der Waals surface area contributed by atoms with Crippen LogP contribution >= 0.6 is 0 Å². The molecule has 0 aliphatic carbocycles. The van der Waals surface area contributed by atoms with E-state index in [1.807, 2.05) is 12.1 Å². The summed E-state index contributed by atoms with van der Waals surface area (Å²) in [7, 11) is 0. The number of fused-ring (bicyclic) bond motifs is 3. The Morgan fingerprint density at radius 3 is 3.25 bits per heavy atom. The molecule has 1 atom stereocenters. The van der Waals surface area contributed by atoms with E-state index in [9.17, 15) is 4.79 Å². The Morgan fingerprint density at radius 1 is 1.50 bits per heavy atom. The van der Waals surface area contributed by atoms with Gasteiger partial charge in [-0.3, -0.25) is 4.79 Å². The lowest BCUT2D eigenvalue weighted by Crippen LogP contribution is -2.55. The number of rotatable bonds is 0. The molecule has 16 heavy (non-hydrogen) atoms. The summed E-state index contributed by atoms with van der Waals surface area (Å²) in [5.41, 5.74) is 3.27. The van der Waals surface area contributed by atoms with Crippen LogP contribution in [0.1, 0.15) is 5.56 Å². The summed E-state index contributed by atoms with van der Waals surface area (Å²) in [5, 5.41) is 2.94. The lowest BCUT2D eigenvalue weighted by molar-refractivity contribution is -0.119. The first-order valence-electron chi connectivity index (χ1n) is 5.52. The zero-order valence-electron chi connectivity index (χ0n) is 9.19. The van der Waals surface area contributed by atoms with E-state index < -0.39 is 0 Å². The molecule has 1 saturated heterocycles. The van der Waals surface area contributed by atoms with E-state index >= 15 is 0 Å². The molecule has 2 aliphatic rings. The fourth-order valence-electron chi connectivity index (χ4n) is 2.45. The topological polar surface area (TPSA) is 41.6 Å². The Bertz CT molecular complexity index is 445. The molecule has 0 radical (unpaired) electrons. The van der Waals surface area contributed by atoms with Crippen LogP contribution in [0.15, 0.2) is 18.2 Å². The molecule has 1 aromatic rings. The van der Waals surface area contributed by atoms with Gasteiger partial charge in [-0.25, -0.2) is 0 Å². The van der Waals surface area contributed by atoms with Gasteiger partial charge in [0.1, 0.15) is 6.04 Å². The molecular formula is C12H14N2O2. The zero-order valence-corrected chi connectivity index (χ0v) is 9.19. The number of benzene rings is 1. The molecule has 1 amide bonds. The second-order valence-corrected chi connectivity index (χ2v) is 4.24. The second kappa shape index (κ2) is 3.49. The Hall–Kier alpha value is -1.55. The molecule has 4 heteroatoms. The van der Waals surface area contributed by atoms with Gasteiger partial charge in [-0.1, -0.05) is 12.1 Å². The molecule has 1 fully saturated rings. The number of hydrogen-bond donors (Lipinski definition) is 1. The number of anilines is 2. The molecule has 2 heterocycles. The van der Waals surface area contributed by atoms with E-state index in [1.165, 1.54) is 5.56 Å². The first-order valence-corrected chi connectivity index (χ1v) is 5.52. The second-order valence-electron chi connectivity index (χ2n) is 4.24. The van der Waals surface area contributed by atoms with Crippen molar-refractivity contribution < 1.29 is 9.53 Å². The fourth-order valence-corrected chi connectivity index (χ4v) is 2.45. The summed E-state index contributed by atoms with van der Waals surface area (Å²) in [4.78, 5) is 14.0. The normalized spacial score (nSPS) is 23.4. The summed E-state index contributed by atoms with van der Waals surface area (Å²) in [6.07, 6.45) is 0. The van der Waals surface area contributed by atoms with Crippen LogP contribution in [-0.4, -0.2) is 31.7 Å². The predicted molar refractivity (Wildman–Crippen MR) is 61.8 cm³/mol. The Kier molecular flexibility index (Phi) is 2.11. The SMILES string of the molecule is Cc1cccc2c1N1CCOCC1C(=O)N2. The number of amides is 1. The van der Waals surface area contributed by atoms with Gasteiger partial charge in [-0.2, -0.15) is 0 Å². The zero-order chi connectivity index (χ0) is 11.1. The van der Waals surface area contributed by atoms with Gasteiger partial charge in [0.25, 0.3) is 0 Å². The van der Waals surface area contributed by atoms with E-state index in [2.05, 4.69) is 23.2 Å². The molecule has 1 aromatic carbocycles. The van der Waals surface area contributed by atoms with Crippen LogP contribution < -0.4 is 10.2 Å². The van der Waals surface area contributed by atoms with Crippen molar-refractivity contribution in [3.63, 3.8) is 0 Å². The minimum absolute atomic E-state index is 0.0396. The van der Waals surface area contributed by atoms with E-state index in [0.717, 1.165) is 17.9 Å². The number of hydrogen-bond acceptors (Lipinski definition) is 3. The molecule has 3 rings (SSSR count). The largest absolute Gasteiger partial charge is 0.377 e. The number of nitrogens with zero attached hydrogens (tertiary/aromatic N) is 1. The molecule has 1 N–H and O–H groups in total. The number of morpholine rings is 1. The molecular weight excluding hydrogens is 204 g/mol. The summed E-state index contributed by atoms with van der Waals surface area (Å²) in [6.45, 7) is 4.04. The number of nitrogens with one attached hydrogen (secondary N) is 1. The third-order valence-corrected chi connectivity index (χ3v) is 3.21. The highest BCUT2D eigenvalue weighted by Gasteiger charge is 2.35. The van der Waals surface area contributed by atoms with E-state index in [4.69, 9.17) is 4.74 Å². The van der Waals surface area contributed by atoms with Crippen LogP contribution in [0, 0.1) is 6.92 Å². The van der Waals surface area contributed by atoms with E-state index in [-0.39, 0.29) is 11.9 Å². The number of carbonyl (C=O) groups excluding carboxylic acids is 1. The minimum atomic E-state index is -0.164. The minimum Gasteiger partial charge on any atom is -0.377 e. The van der Waals surface area contributed by atoms with Crippen molar-refractivity contribution >= 4 is 17.3 Å². The summed E-state index contributed by atoms with van der Waals surface area (Å²) in [5.74, 6) is 0.0396. The summed E-state index contributed by atoms with van der Waals surface area (Å²) in [6, 6.07) is 5.83. The van der Waals surface area contributed by atoms with Gasteiger partial charge >= 0.3 is 0 Å². The number of ether oxygens (including phenoxy) is 1. The molecule has 2 aliphatic heterocycles. The lowest BCUT2D eigenvalue weighted by atomic mass is 10.0. The monoisotopic (exact) mass is 218 g/mol. The van der Waals surface area contributed by atoms with Crippen molar-refractivity contribution in [3.05, 3.63) is 23.8 Å². The third kappa shape index (κ3) is 1.30. The van der Waals surface area contributed by atoms with Crippen LogP contribution in [-0.2, 0) is 9.53 Å². The number of para-hydroxylation sites is 1. The van der Waals surface area contributed by atoms with Crippen LogP contribution in [0.5, 0.6) is 0 Å². The molecule has 0 bridgehead atoms. The molecule has 1 unspecified atom stereocenters. The number of aryl methyl sites for hydroxylation is 1. The highest BCUT2D eigenvalue weighted by molar-refractivity contribution is 6.04. The molecule has 0 saturated carbocycles. The van der Waals surface area contributed by atoms with Crippen molar-refractivity contribution in [2.24, 2.45) is 0 Å². The molecule has 0 spiro atoms. The third-order valence-electron chi connectivity index (χ3n) is 3.21. The predicted octanol–water partition coefficient (Wildman–Crippen LogP) is 1.15. The highest BCUT2D eigenvalue weighted by atomic mass is 16.5. The Morgan fingerprint density at radius 2 is 2.38 bits per heavy atom. The maximum atomic E-state index is 11.9. The van der Waals surface area contributed by atoms with Crippen molar-refractivity contribution in [1.82, 2.24) is 0 Å². The van der Waals surface area contributed by atoms with Crippen molar-refractivity contribution in [2.45, 2.75) is 13.0 Å². The average molecular weight is 218 g/mol. The molecule has 84 valence electrons. The van der Waals surface area contributed by atoms with Gasteiger partial charge in [-0.05, 0) is 18.6 Å². The maximum absolute atomic E-state index is 11.9. The fraction of sp³-hybridized carbons (Fsp3) is 0.417. The summed E-state index contributed by atoms with van der Waals surface area (Å²) < 4.78 is 5.36. The van der Waals surface area contributed by atoms with Gasteiger partial charge in [0.15, 0.2) is 0 Å². The highest BCUT2D eigenvalue weighted by Crippen LogP contribution is 2.35. The number of carbonyl (C=O) groups is 1. The molecule has 0 aromatic heterocycles. The first kappa shape index (κ1) is 9.66. The van der Waals surface area contributed by atoms with Crippen LogP contribution in [0.3, 0.4) is 0 Å². The summed E-state index contributed by atoms with van der Waals surface area (Å²) >= 11 is 0. The maximum Gasteiger partial charge on any atom is 0.249 e. The van der Waals surface area contributed by atoms with E-state index in [0.29, 0.717) is 13.2 Å². The Labute approximate surface area is 94.2 Å². The average Bonchev–Trinajstić information content (AvgIpc) is 2.29. The van der Waals surface area contributed by atoms with Crippen molar-refractivity contribution in [2.75, 3.05) is 30.0 Å². The van der Waals surface area contributed by atoms with Gasteiger partial charge in [0.2, 0.25) is 5.91 Å². The Balaban J connectivity index is 2.11. The van der Waals surface area contributed by atoms with Crippen LogP contribution in [0.25, 0.3) is 0 Å². The van der Waals surface area contributed by atoms with Gasteiger partial charge in [-0.15, -0.1) is 0 Å². The standard InChI is InChI=1S/C12H14N2O2/c1-8-3-2-4-9-11(8)14-5-6-16-7-10(14)12(15)13-9/h2-4,10H,5-7H2,1H3,(H,13,15). The lowest BCUT2D eigenvalue weighted by Gasteiger charge is -2.41. The van der Waals surface area contributed by atoms with Crippen LogP contribution in [0.2, 0.25) is 0 Å². The van der Waals surface area contributed by atoms with Gasteiger partial charge in [0.05, 0.1) is 24.6 Å². The van der Waals surface area contributed by atoms with E-state index in [1.54, 1.807) is 0 Å². The quantitative estimate of drug-likeness (QED) is 0.710. The van der Waals surface area contributed by atoms with Gasteiger partial charge < -0.3 is 15.0 Å².